The highest BCUT2D eigenvalue weighted by Crippen LogP contribution is 2.16. The van der Waals surface area contributed by atoms with E-state index < -0.39 is 0 Å². The van der Waals surface area contributed by atoms with E-state index in [1.54, 1.807) is 24.0 Å². The molecule has 124 valence electrons. The van der Waals surface area contributed by atoms with Crippen LogP contribution in [0.3, 0.4) is 0 Å². The van der Waals surface area contributed by atoms with Crippen LogP contribution in [-0.4, -0.2) is 33.4 Å². The molecule has 1 aromatic carbocycles. The summed E-state index contributed by atoms with van der Waals surface area (Å²) in [7, 11) is 0. The van der Waals surface area contributed by atoms with Crippen molar-refractivity contribution in [3.05, 3.63) is 52.8 Å². The maximum absolute atomic E-state index is 12.1. The van der Waals surface area contributed by atoms with Crippen LogP contribution in [0.1, 0.15) is 36.2 Å². The molecule has 6 heteroatoms. The first-order valence-corrected chi connectivity index (χ1v) is 8.05. The van der Waals surface area contributed by atoms with Crippen molar-refractivity contribution in [3.63, 3.8) is 0 Å². The third-order valence-corrected chi connectivity index (χ3v) is 3.91. The molecule has 2 N–H and O–H groups in total. The first-order valence-electron chi connectivity index (χ1n) is 7.68. The molecule has 2 unspecified atom stereocenters. The summed E-state index contributed by atoms with van der Waals surface area (Å²) in [6.07, 6.45) is 3.55. The number of amides is 1. The number of halogens is 1. The van der Waals surface area contributed by atoms with E-state index >= 15 is 0 Å². The lowest BCUT2D eigenvalue weighted by Gasteiger charge is -2.13. The summed E-state index contributed by atoms with van der Waals surface area (Å²) in [4.78, 5) is 12.1. The van der Waals surface area contributed by atoms with Gasteiger partial charge in [0.1, 0.15) is 0 Å². The Morgan fingerprint density at radius 2 is 2.13 bits per heavy atom. The number of carbonyl (C=O) groups is 1. The highest BCUT2D eigenvalue weighted by molar-refractivity contribution is 6.31. The average molecular weight is 336 g/mol. The normalized spacial score (nSPS) is 13.6. The standard InChI is InChI=1S/C17H22ClN3O2/c1-12(7-13(2)22)8-19-17(23)15-9-20-21(11-15)10-14-5-3-4-6-16(14)18/h3-6,9,11-13,22H,7-8,10H2,1-2H3,(H,19,23). The Balaban J connectivity index is 1.91. The number of rotatable bonds is 7. The Morgan fingerprint density at radius 3 is 2.83 bits per heavy atom. The molecule has 0 bridgehead atoms. The van der Waals surface area contributed by atoms with Crippen molar-refractivity contribution in [2.75, 3.05) is 6.54 Å². The minimum atomic E-state index is -0.361. The van der Waals surface area contributed by atoms with Crippen LogP contribution in [0.2, 0.25) is 5.02 Å². The molecule has 0 aliphatic heterocycles. The molecule has 1 heterocycles. The highest BCUT2D eigenvalue weighted by atomic mass is 35.5. The van der Waals surface area contributed by atoms with Crippen molar-refractivity contribution in [2.24, 2.45) is 5.92 Å². The Kier molecular flexibility index (Phi) is 6.19. The summed E-state index contributed by atoms with van der Waals surface area (Å²) >= 11 is 6.13. The van der Waals surface area contributed by atoms with Crippen LogP contribution in [0.15, 0.2) is 36.7 Å². The van der Waals surface area contributed by atoms with Gasteiger partial charge in [0, 0.05) is 17.8 Å². The van der Waals surface area contributed by atoms with Crippen molar-refractivity contribution in [2.45, 2.75) is 32.9 Å². The number of nitrogens with one attached hydrogen (secondary N) is 1. The topological polar surface area (TPSA) is 67.2 Å². The molecule has 5 nitrogen and oxygen atoms in total. The van der Waals surface area contributed by atoms with Crippen LogP contribution in [0, 0.1) is 5.92 Å². The SMILES string of the molecule is CC(O)CC(C)CNC(=O)c1cnn(Cc2ccccc2Cl)c1. The van der Waals surface area contributed by atoms with Gasteiger partial charge >= 0.3 is 0 Å². The largest absolute Gasteiger partial charge is 0.393 e. The number of hydrogen-bond donors (Lipinski definition) is 2. The molecule has 0 saturated heterocycles. The van der Waals surface area contributed by atoms with Gasteiger partial charge in [0.25, 0.3) is 5.91 Å². The number of hydrogen-bond acceptors (Lipinski definition) is 3. The summed E-state index contributed by atoms with van der Waals surface area (Å²) in [5.74, 6) is 0.0602. The summed E-state index contributed by atoms with van der Waals surface area (Å²) in [5, 5.41) is 17.1. The van der Waals surface area contributed by atoms with E-state index in [9.17, 15) is 9.90 Å². The number of aliphatic hydroxyl groups is 1. The second-order valence-electron chi connectivity index (χ2n) is 5.92. The summed E-state index contributed by atoms with van der Waals surface area (Å²) in [6.45, 7) is 4.79. The van der Waals surface area contributed by atoms with Gasteiger partial charge in [0.2, 0.25) is 0 Å². The molecule has 2 rings (SSSR count). The molecular formula is C17H22ClN3O2. The third kappa shape index (κ3) is 5.37. The molecule has 2 aromatic rings. The van der Waals surface area contributed by atoms with E-state index in [1.807, 2.05) is 31.2 Å². The molecule has 0 fully saturated rings. The van der Waals surface area contributed by atoms with Crippen LogP contribution in [0.25, 0.3) is 0 Å². The molecule has 0 spiro atoms. The zero-order valence-corrected chi connectivity index (χ0v) is 14.1. The zero-order chi connectivity index (χ0) is 16.8. The molecule has 0 radical (unpaired) electrons. The minimum absolute atomic E-state index is 0.159. The second kappa shape index (κ2) is 8.13. The van der Waals surface area contributed by atoms with Crippen LogP contribution < -0.4 is 5.32 Å². The number of carbonyl (C=O) groups excluding carboxylic acids is 1. The molecule has 0 aliphatic rings. The Hall–Kier alpha value is -1.85. The Morgan fingerprint density at radius 1 is 1.39 bits per heavy atom. The van der Waals surface area contributed by atoms with Crippen molar-refractivity contribution in [1.82, 2.24) is 15.1 Å². The third-order valence-electron chi connectivity index (χ3n) is 3.54. The lowest BCUT2D eigenvalue weighted by Crippen LogP contribution is -2.29. The number of benzene rings is 1. The molecule has 1 aromatic heterocycles. The maximum atomic E-state index is 12.1. The van der Waals surface area contributed by atoms with Gasteiger partial charge in [-0.2, -0.15) is 5.10 Å². The maximum Gasteiger partial charge on any atom is 0.254 e. The monoisotopic (exact) mass is 335 g/mol. The van der Waals surface area contributed by atoms with E-state index in [0.717, 1.165) is 5.56 Å². The number of aromatic nitrogens is 2. The van der Waals surface area contributed by atoms with Gasteiger partial charge in [-0.1, -0.05) is 36.7 Å². The van der Waals surface area contributed by atoms with Crippen LogP contribution in [0.5, 0.6) is 0 Å². The molecular weight excluding hydrogens is 314 g/mol. The quantitative estimate of drug-likeness (QED) is 0.817. The average Bonchev–Trinajstić information content (AvgIpc) is 2.95. The first-order chi connectivity index (χ1) is 11.0. The predicted octanol–water partition coefficient (Wildman–Crippen LogP) is 2.72. The van der Waals surface area contributed by atoms with E-state index in [1.165, 1.54) is 0 Å². The van der Waals surface area contributed by atoms with Crippen LogP contribution in [0.4, 0.5) is 0 Å². The summed E-state index contributed by atoms with van der Waals surface area (Å²) < 4.78 is 1.69. The first kappa shape index (κ1) is 17.5. The molecule has 23 heavy (non-hydrogen) atoms. The highest BCUT2D eigenvalue weighted by Gasteiger charge is 2.12. The van der Waals surface area contributed by atoms with Gasteiger partial charge in [-0.25, -0.2) is 0 Å². The number of aliphatic hydroxyl groups excluding tert-OH is 1. The second-order valence-corrected chi connectivity index (χ2v) is 6.33. The smallest absolute Gasteiger partial charge is 0.254 e. The molecule has 0 saturated carbocycles. The number of nitrogens with zero attached hydrogens (tertiary/aromatic N) is 2. The fraction of sp³-hybridized carbons (Fsp3) is 0.412. The van der Waals surface area contributed by atoms with E-state index in [2.05, 4.69) is 10.4 Å². The van der Waals surface area contributed by atoms with Crippen LogP contribution in [-0.2, 0) is 6.54 Å². The van der Waals surface area contributed by atoms with E-state index in [0.29, 0.717) is 30.1 Å². The Labute approximate surface area is 141 Å². The lowest BCUT2D eigenvalue weighted by molar-refractivity contribution is 0.0939. The van der Waals surface area contributed by atoms with E-state index in [4.69, 9.17) is 11.6 Å². The van der Waals surface area contributed by atoms with Crippen molar-refractivity contribution in [1.29, 1.82) is 0 Å². The van der Waals surface area contributed by atoms with Gasteiger partial charge in [-0.3, -0.25) is 9.48 Å². The fourth-order valence-electron chi connectivity index (χ4n) is 2.40. The lowest BCUT2D eigenvalue weighted by atomic mass is 10.0. The Bertz CT molecular complexity index is 655. The van der Waals surface area contributed by atoms with Crippen molar-refractivity contribution in [3.8, 4) is 0 Å². The van der Waals surface area contributed by atoms with Gasteiger partial charge < -0.3 is 10.4 Å². The van der Waals surface area contributed by atoms with E-state index in [-0.39, 0.29) is 17.9 Å². The molecule has 2 atom stereocenters. The van der Waals surface area contributed by atoms with Crippen LogP contribution >= 0.6 is 11.6 Å². The van der Waals surface area contributed by atoms with Crippen molar-refractivity contribution >= 4 is 17.5 Å². The predicted molar refractivity (Wildman–Crippen MR) is 90.6 cm³/mol. The summed E-state index contributed by atoms with van der Waals surface area (Å²) in [5.41, 5.74) is 1.47. The zero-order valence-electron chi connectivity index (χ0n) is 13.4. The molecule has 1 amide bonds. The fourth-order valence-corrected chi connectivity index (χ4v) is 2.60. The van der Waals surface area contributed by atoms with Gasteiger partial charge in [-0.05, 0) is 30.9 Å². The molecule has 0 aliphatic carbocycles. The van der Waals surface area contributed by atoms with Gasteiger partial charge in [0.15, 0.2) is 0 Å². The minimum Gasteiger partial charge on any atom is -0.393 e. The van der Waals surface area contributed by atoms with Crippen molar-refractivity contribution < 1.29 is 9.90 Å². The van der Waals surface area contributed by atoms with Gasteiger partial charge in [0.05, 0.1) is 24.4 Å². The van der Waals surface area contributed by atoms with Gasteiger partial charge in [-0.15, -0.1) is 0 Å². The summed E-state index contributed by atoms with van der Waals surface area (Å²) in [6, 6.07) is 7.56.